The number of hydrogen-bond acceptors (Lipinski definition) is 5. The largest absolute Gasteiger partial charge is 0.544 e. The number of non-ortho nitro benzene ring substituents is 1. The molecule has 0 aliphatic rings. The molecule has 17 heavy (non-hydrogen) atoms. The lowest BCUT2D eigenvalue weighted by molar-refractivity contribution is -0.384. The summed E-state index contributed by atoms with van der Waals surface area (Å²) in [5, 5.41) is 29.8. The number of benzene rings is 1. The van der Waals surface area contributed by atoms with Gasteiger partial charge in [0.2, 0.25) is 0 Å². The monoisotopic (exact) mass is 231 g/mol. The van der Waals surface area contributed by atoms with Gasteiger partial charge in [-0.15, -0.1) is 0 Å². The Balaban J connectivity index is 3.35. The predicted octanol–water partition coefficient (Wildman–Crippen LogP) is 0.642. The molecule has 0 aliphatic carbocycles. The number of nitro benzene ring substituents is 1. The van der Waals surface area contributed by atoms with E-state index in [2.05, 4.69) is 0 Å². The second kappa shape index (κ2) is 4.90. The van der Waals surface area contributed by atoms with E-state index in [9.17, 15) is 20.0 Å². The summed E-state index contributed by atoms with van der Waals surface area (Å²) in [6.07, 6.45) is 0. The Kier molecular flexibility index (Phi) is 3.57. The summed E-state index contributed by atoms with van der Waals surface area (Å²) in [6, 6.07) is 6.89. The number of nitriles is 1. The Labute approximate surface area is 96.6 Å². The van der Waals surface area contributed by atoms with Crippen molar-refractivity contribution in [1.29, 1.82) is 5.26 Å². The standard InChI is InChI=1S/C11H8N2O4/c1-7(10(6-12)11(14)15)8-3-2-4-9(5-8)13(16)17/h2-5H,1H3,(H,14,15)/p-1/b10-7-. The maximum absolute atomic E-state index is 10.6. The minimum absolute atomic E-state index is 0.135. The first-order chi connectivity index (χ1) is 7.97. The van der Waals surface area contributed by atoms with Crippen molar-refractivity contribution < 1.29 is 14.8 Å². The van der Waals surface area contributed by atoms with Gasteiger partial charge in [0, 0.05) is 12.1 Å². The van der Waals surface area contributed by atoms with Crippen LogP contribution in [0.2, 0.25) is 0 Å². The fourth-order valence-electron chi connectivity index (χ4n) is 1.28. The smallest absolute Gasteiger partial charge is 0.270 e. The molecule has 0 atom stereocenters. The second-order valence-corrected chi connectivity index (χ2v) is 3.21. The molecule has 0 aromatic heterocycles. The number of carbonyl (C=O) groups is 1. The van der Waals surface area contributed by atoms with E-state index in [1.165, 1.54) is 37.3 Å². The van der Waals surface area contributed by atoms with Crippen LogP contribution in [-0.4, -0.2) is 10.9 Å². The molecule has 0 spiro atoms. The number of nitrogens with zero attached hydrogens (tertiary/aromatic N) is 2. The third kappa shape index (κ3) is 2.66. The van der Waals surface area contributed by atoms with Gasteiger partial charge in [0.15, 0.2) is 0 Å². The fraction of sp³-hybridized carbons (Fsp3) is 0.0909. The molecule has 0 amide bonds. The van der Waals surface area contributed by atoms with Gasteiger partial charge in [-0.3, -0.25) is 10.1 Å². The highest BCUT2D eigenvalue weighted by atomic mass is 16.6. The number of aliphatic carboxylic acids is 1. The van der Waals surface area contributed by atoms with Gasteiger partial charge < -0.3 is 9.90 Å². The van der Waals surface area contributed by atoms with Crippen LogP contribution in [0.25, 0.3) is 5.57 Å². The minimum Gasteiger partial charge on any atom is -0.544 e. The molecule has 0 saturated carbocycles. The van der Waals surface area contributed by atoms with Gasteiger partial charge in [-0.1, -0.05) is 12.1 Å². The van der Waals surface area contributed by atoms with E-state index in [1.807, 2.05) is 0 Å². The molecular weight excluding hydrogens is 224 g/mol. The van der Waals surface area contributed by atoms with Gasteiger partial charge in [-0.05, 0) is 18.1 Å². The molecule has 0 bridgehead atoms. The number of carbonyl (C=O) groups excluding carboxylic acids is 1. The number of carboxylic acids is 1. The molecule has 86 valence electrons. The Morgan fingerprint density at radius 1 is 1.47 bits per heavy atom. The summed E-state index contributed by atoms with van der Waals surface area (Å²) in [5.74, 6) is -1.60. The summed E-state index contributed by atoms with van der Waals surface area (Å²) in [6.45, 7) is 1.40. The Morgan fingerprint density at radius 3 is 2.59 bits per heavy atom. The lowest BCUT2D eigenvalue weighted by Gasteiger charge is -2.06. The van der Waals surface area contributed by atoms with Gasteiger partial charge in [-0.2, -0.15) is 5.26 Å². The van der Waals surface area contributed by atoms with E-state index < -0.39 is 16.5 Å². The van der Waals surface area contributed by atoms with Crippen LogP contribution in [0.4, 0.5) is 5.69 Å². The number of hydrogen-bond donors (Lipinski definition) is 0. The Bertz CT molecular complexity index is 555. The van der Waals surface area contributed by atoms with E-state index in [-0.39, 0.29) is 11.3 Å². The van der Waals surface area contributed by atoms with E-state index >= 15 is 0 Å². The molecule has 1 rings (SSSR count). The number of rotatable bonds is 3. The van der Waals surface area contributed by atoms with Crippen LogP contribution in [0.1, 0.15) is 12.5 Å². The summed E-state index contributed by atoms with van der Waals surface area (Å²) < 4.78 is 0. The van der Waals surface area contributed by atoms with Crippen LogP contribution in [0.5, 0.6) is 0 Å². The second-order valence-electron chi connectivity index (χ2n) is 3.21. The van der Waals surface area contributed by atoms with Gasteiger partial charge in [0.25, 0.3) is 5.69 Å². The molecule has 0 heterocycles. The Morgan fingerprint density at radius 2 is 2.12 bits per heavy atom. The number of allylic oxidation sites excluding steroid dienone is 1. The number of carboxylic acid groups (broad SMARTS) is 1. The van der Waals surface area contributed by atoms with Crippen LogP contribution in [0.3, 0.4) is 0 Å². The molecule has 0 radical (unpaired) electrons. The maximum atomic E-state index is 10.6. The molecular formula is C11H7N2O4-. The van der Waals surface area contributed by atoms with Gasteiger partial charge >= 0.3 is 0 Å². The maximum Gasteiger partial charge on any atom is 0.270 e. The third-order valence-corrected chi connectivity index (χ3v) is 2.18. The van der Waals surface area contributed by atoms with Gasteiger partial charge in [0.1, 0.15) is 6.07 Å². The average Bonchev–Trinajstić information content (AvgIpc) is 2.29. The van der Waals surface area contributed by atoms with E-state index in [1.54, 1.807) is 0 Å². The first-order valence-electron chi connectivity index (χ1n) is 4.54. The lowest BCUT2D eigenvalue weighted by Crippen LogP contribution is -2.24. The van der Waals surface area contributed by atoms with Crippen molar-refractivity contribution in [3.8, 4) is 6.07 Å². The van der Waals surface area contributed by atoms with Crippen molar-refractivity contribution >= 4 is 17.2 Å². The average molecular weight is 231 g/mol. The highest BCUT2D eigenvalue weighted by Crippen LogP contribution is 2.22. The molecule has 0 unspecified atom stereocenters. The van der Waals surface area contributed by atoms with Gasteiger partial charge in [-0.25, -0.2) is 0 Å². The van der Waals surface area contributed by atoms with Crippen LogP contribution in [0.15, 0.2) is 29.8 Å². The molecule has 0 N–H and O–H groups in total. The third-order valence-electron chi connectivity index (χ3n) is 2.18. The van der Waals surface area contributed by atoms with Crippen molar-refractivity contribution in [2.75, 3.05) is 0 Å². The first-order valence-corrected chi connectivity index (χ1v) is 4.54. The molecule has 1 aromatic carbocycles. The zero-order valence-corrected chi connectivity index (χ0v) is 8.84. The van der Waals surface area contributed by atoms with Crippen molar-refractivity contribution in [3.05, 3.63) is 45.5 Å². The zero-order valence-electron chi connectivity index (χ0n) is 8.84. The predicted molar refractivity (Wildman–Crippen MR) is 56.3 cm³/mol. The normalized spacial score (nSPS) is 11.3. The van der Waals surface area contributed by atoms with Crippen molar-refractivity contribution in [2.45, 2.75) is 6.92 Å². The SMILES string of the molecule is C/C(=C(\C#N)C(=O)[O-])c1cccc([N+](=O)[O-])c1. The van der Waals surface area contributed by atoms with Crippen LogP contribution in [-0.2, 0) is 4.79 Å². The molecule has 6 heteroatoms. The molecule has 1 aromatic rings. The summed E-state index contributed by atoms with van der Waals surface area (Å²) in [4.78, 5) is 20.6. The number of nitro groups is 1. The molecule has 0 aliphatic heterocycles. The van der Waals surface area contributed by atoms with E-state index in [4.69, 9.17) is 5.26 Å². The highest BCUT2D eigenvalue weighted by molar-refractivity contribution is 5.98. The molecule has 0 saturated heterocycles. The van der Waals surface area contributed by atoms with Crippen molar-refractivity contribution in [3.63, 3.8) is 0 Å². The highest BCUT2D eigenvalue weighted by Gasteiger charge is 2.10. The van der Waals surface area contributed by atoms with Crippen molar-refractivity contribution in [1.82, 2.24) is 0 Å². The van der Waals surface area contributed by atoms with E-state index in [0.29, 0.717) is 5.56 Å². The first kappa shape index (κ1) is 12.4. The van der Waals surface area contributed by atoms with Crippen LogP contribution < -0.4 is 5.11 Å². The topological polar surface area (TPSA) is 107 Å². The Hall–Kier alpha value is -2.68. The quantitative estimate of drug-likeness (QED) is 0.328. The lowest BCUT2D eigenvalue weighted by atomic mass is 10.0. The summed E-state index contributed by atoms with van der Waals surface area (Å²) in [7, 11) is 0. The fourth-order valence-corrected chi connectivity index (χ4v) is 1.28. The van der Waals surface area contributed by atoms with E-state index in [0.717, 1.165) is 0 Å². The summed E-state index contributed by atoms with van der Waals surface area (Å²) in [5.41, 5.74) is -0.265. The molecule has 6 nitrogen and oxygen atoms in total. The minimum atomic E-state index is -1.60. The summed E-state index contributed by atoms with van der Waals surface area (Å²) >= 11 is 0. The van der Waals surface area contributed by atoms with Gasteiger partial charge in [0.05, 0.1) is 16.5 Å². The molecule has 0 fully saturated rings. The van der Waals surface area contributed by atoms with Crippen LogP contribution in [0, 0.1) is 21.4 Å². The zero-order chi connectivity index (χ0) is 13.0. The van der Waals surface area contributed by atoms with Crippen molar-refractivity contribution in [2.24, 2.45) is 0 Å². The van der Waals surface area contributed by atoms with Crippen LogP contribution >= 0.6 is 0 Å².